The zero-order valence-corrected chi connectivity index (χ0v) is 16.9. The molecule has 0 spiro atoms. The van der Waals surface area contributed by atoms with Gasteiger partial charge < -0.3 is 10.6 Å². The highest BCUT2D eigenvalue weighted by molar-refractivity contribution is 7.80. The monoisotopic (exact) mass is 383 g/mol. The fourth-order valence-electron chi connectivity index (χ4n) is 2.38. The van der Waals surface area contributed by atoms with E-state index in [0.717, 1.165) is 5.56 Å². The molecule has 0 fully saturated rings. The number of thiocarbonyl (C=S) groups is 1. The van der Waals surface area contributed by atoms with E-state index >= 15 is 0 Å². The molecule has 27 heavy (non-hydrogen) atoms. The zero-order valence-electron chi connectivity index (χ0n) is 16.1. The largest absolute Gasteiger partial charge is 0.332 e. The molecule has 0 aliphatic heterocycles. The molecule has 0 radical (unpaired) electrons. The Bertz CT molecular complexity index is 839. The maximum atomic E-state index is 12.4. The third-order valence-electron chi connectivity index (χ3n) is 3.97. The second kappa shape index (κ2) is 8.77. The van der Waals surface area contributed by atoms with Crippen molar-refractivity contribution in [2.75, 3.05) is 10.6 Å². The number of carbonyl (C=O) groups excluding carboxylic acids is 2. The van der Waals surface area contributed by atoms with Crippen molar-refractivity contribution in [3.8, 4) is 0 Å². The summed E-state index contributed by atoms with van der Waals surface area (Å²) in [6.45, 7) is 8.16. The van der Waals surface area contributed by atoms with Crippen LogP contribution in [0.5, 0.6) is 0 Å². The van der Waals surface area contributed by atoms with Crippen molar-refractivity contribution in [2.45, 2.75) is 39.5 Å². The molecule has 0 saturated carbocycles. The number of benzene rings is 2. The Balaban J connectivity index is 1.98. The highest BCUT2D eigenvalue weighted by Gasteiger charge is 2.14. The molecule has 0 saturated heterocycles. The zero-order chi connectivity index (χ0) is 20.0. The molecule has 0 unspecified atom stereocenters. The van der Waals surface area contributed by atoms with Gasteiger partial charge in [-0.15, -0.1) is 0 Å². The Morgan fingerprint density at radius 2 is 1.56 bits per heavy atom. The molecular formula is C21H25N3O2S. The maximum absolute atomic E-state index is 12.4. The van der Waals surface area contributed by atoms with Gasteiger partial charge in [-0.1, -0.05) is 45.9 Å². The van der Waals surface area contributed by atoms with E-state index in [1.165, 1.54) is 0 Å². The Labute approximate surface area is 165 Å². The highest BCUT2D eigenvalue weighted by Crippen LogP contribution is 2.22. The summed E-state index contributed by atoms with van der Waals surface area (Å²) in [5.41, 5.74) is 3.07. The first-order valence-electron chi connectivity index (χ1n) is 8.82. The third-order valence-corrected chi connectivity index (χ3v) is 4.17. The summed E-state index contributed by atoms with van der Waals surface area (Å²) in [5.74, 6) is -0.342. The second-order valence-electron chi connectivity index (χ2n) is 7.22. The average molecular weight is 384 g/mol. The topological polar surface area (TPSA) is 70.2 Å². The van der Waals surface area contributed by atoms with Crippen molar-refractivity contribution in [2.24, 2.45) is 0 Å². The number of carbonyl (C=O) groups is 2. The van der Waals surface area contributed by atoms with Crippen molar-refractivity contribution >= 4 is 40.5 Å². The summed E-state index contributed by atoms with van der Waals surface area (Å²) in [6, 6.07) is 14.6. The molecule has 2 amide bonds. The van der Waals surface area contributed by atoms with Gasteiger partial charge in [0.05, 0.1) is 0 Å². The Hall–Kier alpha value is -2.73. The minimum atomic E-state index is -0.275. The van der Waals surface area contributed by atoms with Gasteiger partial charge in [0, 0.05) is 23.4 Å². The summed E-state index contributed by atoms with van der Waals surface area (Å²) in [5, 5.41) is 8.60. The van der Waals surface area contributed by atoms with Gasteiger partial charge in [-0.3, -0.25) is 14.9 Å². The number of anilines is 2. The van der Waals surface area contributed by atoms with Gasteiger partial charge in [0.2, 0.25) is 5.91 Å². The van der Waals surface area contributed by atoms with Crippen LogP contribution in [0.25, 0.3) is 0 Å². The lowest BCUT2D eigenvalue weighted by atomic mass is 9.87. The molecule has 6 heteroatoms. The average Bonchev–Trinajstić information content (AvgIpc) is 2.61. The quantitative estimate of drug-likeness (QED) is 0.682. The molecule has 0 aliphatic carbocycles. The van der Waals surface area contributed by atoms with Gasteiger partial charge in [-0.05, 0) is 53.5 Å². The molecule has 142 valence electrons. The van der Waals surface area contributed by atoms with Crippen molar-refractivity contribution in [1.82, 2.24) is 5.32 Å². The van der Waals surface area contributed by atoms with E-state index in [-0.39, 0.29) is 22.3 Å². The van der Waals surface area contributed by atoms with E-state index in [9.17, 15) is 9.59 Å². The minimum Gasteiger partial charge on any atom is -0.332 e. The van der Waals surface area contributed by atoms with E-state index in [4.69, 9.17) is 12.2 Å². The fourth-order valence-corrected chi connectivity index (χ4v) is 2.59. The molecule has 2 rings (SSSR count). The SMILES string of the molecule is CCC(=O)Nc1cccc(NC(=S)NC(=O)c2ccc(C(C)(C)C)cc2)c1. The molecule has 0 atom stereocenters. The van der Waals surface area contributed by atoms with Crippen LogP contribution in [0.2, 0.25) is 0 Å². The molecule has 2 aromatic carbocycles. The molecule has 0 aliphatic rings. The molecule has 3 N–H and O–H groups in total. The van der Waals surface area contributed by atoms with Crippen molar-refractivity contribution < 1.29 is 9.59 Å². The van der Waals surface area contributed by atoms with Crippen molar-refractivity contribution in [1.29, 1.82) is 0 Å². The standard InChI is InChI=1S/C21H25N3O2S/c1-5-18(25)22-16-7-6-8-17(13-16)23-20(27)24-19(26)14-9-11-15(12-10-14)21(2,3)4/h6-13H,5H2,1-4H3,(H,22,25)(H2,23,24,26,27). The van der Waals surface area contributed by atoms with Gasteiger partial charge in [-0.2, -0.15) is 0 Å². The molecule has 0 bridgehead atoms. The first kappa shape index (κ1) is 20.6. The van der Waals surface area contributed by atoms with Gasteiger partial charge in [0.1, 0.15) is 0 Å². The molecule has 5 nitrogen and oxygen atoms in total. The van der Waals surface area contributed by atoms with E-state index < -0.39 is 0 Å². The van der Waals surface area contributed by atoms with Crippen LogP contribution >= 0.6 is 12.2 Å². The first-order chi connectivity index (χ1) is 12.7. The normalized spacial score (nSPS) is 10.8. The smallest absolute Gasteiger partial charge is 0.257 e. The Morgan fingerprint density at radius 1 is 0.963 bits per heavy atom. The highest BCUT2D eigenvalue weighted by atomic mass is 32.1. The maximum Gasteiger partial charge on any atom is 0.257 e. The van der Waals surface area contributed by atoms with E-state index in [1.54, 1.807) is 43.3 Å². The number of amides is 2. The lowest BCUT2D eigenvalue weighted by molar-refractivity contribution is -0.115. The fraction of sp³-hybridized carbons (Fsp3) is 0.286. The van der Waals surface area contributed by atoms with Crippen LogP contribution in [0.1, 0.15) is 50.0 Å². The van der Waals surface area contributed by atoms with Gasteiger partial charge in [0.25, 0.3) is 5.91 Å². The summed E-state index contributed by atoms with van der Waals surface area (Å²) in [7, 11) is 0. The lowest BCUT2D eigenvalue weighted by Gasteiger charge is -2.19. The van der Waals surface area contributed by atoms with Crippen LogP contribution in [0.15, 0.2) is 48.5 Å². The third kappa shape index (κ3) is 6.18. The number of hydrogen-bond donors (Lipinski definition) is 3. The summed E-state index contributed by atoms with van der Waals surface area (Å²) < 4.78 is 0. The van der Waals surface area contributed by atoms with Crippen LogP contribution in [-0.4, -0.2) is 16.9 Å². The van der Waals surface area contributed by atoms with Crippen LogP contribution < -0.4 is 16.0 Å². The Morgan fingerprint density at radius 3 is 2.11 bits per heavy atom. The number of hydrogen-bond acceptors (Lipinski definition) is 3. The van der Waals surface area contributed by atoms with Crippen LogP contribution in [-0.2, 0) is 10.2 Å². The van der Waals surface area contributed by atoms with Crippen LogP contribution in [0.4, 0.5) is 11.4 Å². The molecule has 0 aromatic heterocycles. The van der Waals surface area contributed by atoms with Crippen molar-refractivity contribution in [3.63, 3.8) is 0 Å². The summed E-state index contributed by atoms with van der Waals surface area (Å²) >= 11 is 5.22. The predicted octanol–water partition coefficient (Wildman–Crippen LogP) is 4.46. The van der Waals surface area contributed by atoms with Crippen molar-refractivity contribution in [3.05, 3.63) is 59.7 Å². The molecule has 0 heterocycles. The minimum absolute atomic E-state index is 0.0318. The van der Waals surface area contributed by atoms with Gasteiger partial charge >= 0.3 is 0 Å². The molecular weight excluding hydrogens is 358 g/mol. The lowest BCUT2D eigenvalue weighted by Crippen LogP contribution is -2.34. The van der Waals surface area contributed by atoms with E-state index in [0.29, 0.717) is 23.4 Å². The van der Waals surface area contributed by atoms with E-state index in [1.807, 2.05) is 12.1 Å². The predicted molar refractivity (Wildman–Crippen MR) is 114 cm³/mol. The summed E-state index contributed by atoms with van der Waals surface area (Å²) in [4.78, 5) is 23.9. The van der Waals surface area contributed by atoms with Crippen LogP contribution in [0, 0.1) is 0 Å². The van der Waals surface area contributed by atoms with Gasteiger partial charge in [-0.25, -0.2) is 0 Å². The van der Waals surface area contributed by atoms with Gasteiger partial charge in [0.15, 0.2) is 5.11 Å². The van der Waals surface area contributed by atoms with E-state index in [2.05, 4.69) is 36.7 Å². The second-order valence-corrected chi connectivity index (χ2v) is 7.63. The molecule has 2 aromatic rings. The summed E-state index contributed by atoms with van der Waals surface area (Å²) in [6.07, 6.45) is 0.403. The van der Waals surface area contributed by atoms with Crippen LogP contribution in [0.3, 0.4) is 0 Å². The first-order valence-corrected chi connectivity index (χ1v) is 9.22. The Kier molecular flexibility index (Phi) is 6.69. The number of nitrogens with one attached hydrogen (secondary N) is 3. The number of rotatable bonds is 4.